The lowest BCUT2D eigenvalue weighted by molar-refractivity contribution is 0.706. The summed E-state index contributed by atoms with van der Waals surface area (Å²) in [4.78, 5) is 0. The fourth-order valence-corrected chi connectivity index (χ4v) is 2.60. The van der Waals surface area contributed by atoms with Crippen molar-refractivity contribution in [2.45, 2.75) is 26.2 Å². The second-order valence-corrected chi connectivity index (χ2v) is 5.92. The Morgan fingerprint density at radius 2 is 1.75 bits per heavy atom. The van der Waals surface area contributed by atoms with Gasteiger partial charge in [0, 0.05) is 11.6 Å². The van der Waals surface area contributed by atoms with Crippen molar-refractivity contribution < 1.29 is 0 Å². The molecule has 1 atom stereocenters. The molecule has 0 aliphatic carbocycles. The summed E-state index contributed by atoms with van der Waals surface area (Å²) in [5.41, 5.74) is 3.27. The number of benzene rings is 2. The lowest BCUT2D eigenvalue weighted by Crippen LogP contribution is -2.06. The highest BCUT2D eigenvalue weighted by atomic mass is 35.5. The molecule has 0 saturated carbocycles. The Hall–Kier alpha value is -1.18. The van der Waals surface area contributed by atoms with Crippen LogP contribution in [-0.4, -0.2) is 6.54 Å². The summed E-state index contributed by atoms with van der Waals surface area (Å²) in [5.74, 6) is 0.517. The Labute approximate surface area is 130 Å². The summed E-state index contributed by atoms with van der Waals surface area (Å²) < 4.78 is 0. The van der Waals surface area contributed by atoms with E-state index in [1.54, 1.807) is 0 Å². The first-order chi connectivity index (χ1) is 9.58. The van der Waals surface area contributed by atoms with Crippen LogP contribution in [-0.2, 0) is 0 Å². The Bertz CT molecular complexity index is 567. The lowest BCUT2D eigenvalue weighted by atomic mass is 9.98. The Balaban J connectivity index is 1.92. The highest BCUT2D eigenvalue weighted by Gasteiger charge is 2.07. The average molecular weight is 308 g/mol. The van der Waals surface area contributed by atoms with E-state index >= 15 is 0 Å². The minimum absolute atomic E-state index is 0.517. The van der Waals surface area contributed by atoms with Crippen LogP contribution in [0.5, 0.6) is 0 Å². The number of hydrogen-bond donors (Lipinski definition) is 1. The van der Waals surface area contributed by atoms with Crippen molar-refractivity contribution in [3.05, 3.63) is 63.6 Å². The third-order valence-electron chi connectivity index (χ3n) is 3.51. The van der Waals surface area contributed by atoms with E-state index in [1.807, 2.05) is 25.1 Å². The molecule has 1 unspecified atom stereocenters. The number of rotatable bonds is 5. The molecule has 1 N–H and O–H groups in total. The normalized spacial score (nSPS) is 12.2. The quantitative estimate of drug-likeness (QED) is 0.724. The molecule has 0 radical (unpaired) electrons. The predicted octanol–water partition coefficient (Wildman–Crippen LogP) is 5.91. The topological polar surface area (TPSA) is 12.0 Å². The molecule has 0 bridgehead atoms. The molecule has 2 aromatic rings. The van der Waals surface area contributed by atoms with Crippen LogP contribution in [0.3, 0.4) is 0 Å². The van der Waals surface area contributed by atoms with E-state index in [0.717, 1.165) is 34.3 Å². The number of halogens is 2. The van der Waals surface area contributed by atoms with Crippen LogP contribution >= 0.6 is 23.2 Å². The van der Waals surface area contributed by atoms with E-state index in [2.05, 4.69) is 36.5 Å². The summed E-state index contributed by atoms with van der Waals surface area (Å²) in [6.07, 6.45) is 1.05. The highest BCUT2D eigenvalue weighted by molar-refractivity contribution is 6.35. The van der Waals surface area contributed by atoms with Crippen LogP contribution in [0.15, 0.2) is 42.5 Å². The van der Waals surface area contributed by atoms with Crippen molar-refractivity contribution in [2.24, 2.45) is 0 Å². The first-order valence-corrected chi connectivity index (χ1v) is 7.58. The number of hydrogen-bond acceptors (Lipinski definition) is 1. The van der Waals surface area contributed by atoms with Crippen LogP contribution in [0, 0.1) is 6.92 Å². The number of nitrogens with one attached hydrogen (secondary N) is 1. The highest BCUT2D eigenvalue weighted by Crippen LogP contribution is 2.29. The zero-order chi connectivity index (χ0) is 14.5. The monoisotopic (exact) mass is 307 g/mol. The van der Waals surface area contributed by atoms with Gasteiger partial charge in [-0.2, -0.15) is 0 Å². The van der Waals surface area contributed by atoms with Gasteiger partial charge in [0.15, 0.2) is 0 Å². The van der Waals surface area contributed by atoms with Crippen LogP contribution in [0.25, 0.3) is 0 Å². The van der Waals surface area contributed by atoms with Gasteiger partial charge in [-0.15, -0.1) is 0 Å². The molecule has 0 aromatic heterocycles. The predicted molar refractivity (Wildman–Crippen MR) is 89.2 cm³/mol. The standard InChI is InChI=1S/C17H19Cl2N/c1-12(14-6-4-3-5-7-14)8-9-20-17-11-15(18)13(2)10-16(17)19/h3-7,10-12,20H,8-9H2,1-2H3. The molecular formula is C17H19Cl2N. The van der Waals surface area contributed by atoms with Crippen LogP contribution in [0.2, 0.25) is 10.0 Å². The van der Waals surface area contributed by atoms with E-state index in [4.69, 9.17) is 23.2 Å². The fraction of sp³-hybridized carbons (Fsp3) is 0.294. The smallest absolute Gasteiger partial charge is 0.0641 e. The summed E-state index contributed by atoms with van der Waals surface area (Å²) in [6.45, 7) is 5.06. The average Bonchev–Trinajstić information content (AvgIpc) is 2.45. The molecule has 2 aromatic carbocycles. The Kier molecular flexibility index (Phi) is 5.33. The van der Waals surface area contributed by atoms with Crippen LogP contribution in [0.4, 0.5) is 5.69 Å². The van der Waals surface area contributed by atoms with Crippen molar-refractivity contribution in [3.8, 4) is 0 Å². The Morgan fingerprint density at radius 1 is 1.05 bits per heavy atom. The van der Waals surface area contributed by atoms with Crippen molar-refractivity contribution in [3.63, 3.8) is 0 Å². The molecule has 3 heteroatoms. The van der Waals surface area contributed by atoms with Gasteiger partial charge in [-0.3, -0.25) is 0 Å². The first-order valence-electron chi connectivity index (χ1n) is 6.82. The summed E-state index contributed by atoms with van der Waals surface area (Å²) in [5, 5.41) is 4.83. The first kappa shape index (κ1) is 15.2. The zero-order valence-electron chi connectivity index (χ0n) is 11.8. The van der Waals surface area contributed by atoms with E-state index in [9.17, 15) is 0 Å². The third-order valence-corrected chi connectivity index (χ3v) is 4.23. The van der Waals surface area contributed by atoms with Gasteiger partial charge in [0.05, 0.1) is 10.7 Å². The van der Waals surface area contributed by atoms with E-state index in [0.29, 0.717) is 5.92 Å². The van der Waals surface area contributed by atoms with Crippen molar-refractivity contribution in [2.75, 3.05) is 11.9 Å². The van der Waals surface area contributed by atoms with Crippen molar-refractivity contribution in [1.29, 1.82) is 0 Å². The van der Waals surface area contributed by atoms with E-state index in [1.165, 1.54) is 5.56 Å². The zero-order valence-corrected chi connectivity index (χ0v) is 13.3. The summed E-state index contributed by atoms with van der Waals surface area (Å²) >= 11 is 12.3. The largest absolute Gasteiger partial charge is 0.384 e. The molecule has 0 aliphatic rings. The maximum atomic E-state index is 6.21. The van der Waals surface area contributed by atoms with Gasteiger partial charge in [0.1, 0.15) is 0 Å². The third kappa shape index (κ3) is 3.91. The second kappa shape index (κ2) is 7.01. The molecule has 20 heavy (non-hydrogen) atoms. The minimum atomic E-state index is 0.517. The molecule has 0 fully saturated rings. The minimum Gasteiger partial charge on any atom is -0.384 e. The molecule has 0 saturated heterocycles. The molecule has 0 aliphatic heterocycles. The number of anilines is 1. The maximum Gasteiger partial charge on any atom is 0.0641 e. The van der Waals surface area contributed by atoms with Gasteiger partial charge in [-0.05, 0) is 42.5 Å². The van der Waals surface area contributed by atoms with Crippen molar-refractivity contribution in [1.82, 2.24) is 0 Å². The molecule has 0 spiro atoms. The molecular weight excluding hydrogens is 289 g/mol. The number of aryl methyl sites for hydroxylation is 1. The van der Waals surface area contributed by atoms with Gasteiger partial charge in [-0.25, -0.2) is 0 Å². The summed E-state index contributed by atoms with van der Waals surface area (Å²) in [7, 11) is 0. The fourth-order valence-electron chi connectivity index (χ4n) is 2.15. The van der Waals surface area contributed by atoms with Crippen molar-refractivity contribution >= 4 is 28.9 Å². The van der Waals surface area contributed by atoms with E-state index < -0.39 is 0 Å². The van der Waals surface area contributed by atoms with E-state index in [-0.39, 0.29) is 0 Å². The van der Waals surface area contributed by atoms with Gasteiger partial charge in [0.2, 0.25) is 0 Å². The molecule has 106 valence electrons. The SMILES string of the molecule is Cc1cc(Cl)c(NCCC(C)c2ccccc2)cc1Cl. The van der Waals surface area contributed by atoms with Gasteiger partial charge in [-0.1, -0.05) is 60.5 Å². The van der Waals surface area contributed by atoms with Gasteiger partial charge >= 0.3 is 0 Å². The molecule has 1 nitrogen and oxygen atoms in total. The summed E-state index contributed by atoms with van der Waals surface area (Å²) in [6, 6.07) is 14.3. The maximum absolute atomic E-state index is 6.21. The lowest BCUT2D eigenvalue weighted by Gasteiger charge is -2.14. The van der Waals surface area contributed by atoms with Crippen LogP contribution in [0.1, 0.15) is 30.4 Å². The molecule has 0 amide bonds. The van der Waals surface area contributed by atoms with Crippen LogP contribution < -0.4 is 5.32 Å². The molecule has 2 rings (SSSR count). The second-order valence-electron chi connectivity index (χ2n) is 5.11. The Morgan fingerprint density at radius 3 is 2.45 bits per heavy atom. The van der Waals surface area contributed by atoms with Gasteiger partial charge < -0.3 is 5.32 Å². The molecule has 0 heterocycles. The van der Waals surface area contributed by atoms with Gasteiger partial charge in [0.25, 0.3) is 0 Å².